The molecule has 0 aromatic carbocycles. The zero-order valence-corrected chi connectivity index (χ0v) is 12.8. The highest BCUT2D eigenvalue weighted by Crippen LogP contribution is 2.12. The third-order valence-electron chi connectivity index (χ3n) is 3.19. The van der Waals surface area contributed by atoms with E-state index in [-0.39, 0.29) is 0 Å². The highest BCUT2D eigenvalue weighted by Gasteiger charge is 2.25. The molecule has 4 nitrogen and oxygen atoms in total. The van der Waals surface area contributed by atoms with E-state index < -0.39 is 5.54 Å². The van der Waals surface area contributed by atoms with Crippen molar-refractivity contribution in [3.8, 4) is 6.07 Å². The quantitative estimate of drug-likeness (QED) is 0.685. The number of methoxy groups -OCH3 is 1. The van der Waals surface area contributed by atoms with Crippen LogP contribution in [0.25, 0.3) is 0 Å². The molecule has 2 unspecified atom stereocenters. The van der Waals surface area contributed by atoms with Crippen molar-refractivity contribution in [1.82, 2.24) is 10.2 Å². The molecule has 0 aliphatic rings. The van der Waals surface area contributed by atoms with Crippen molar-refractivity contribution < 1.29 is 4.74 Å². The predicted octanol–water partition coefficient (Wildman–Crippen LogP) is 2.01. The van der Waals surface area contributed by atoms with Gasteiger partial charge in [0.15, 0.2) is 0 Å². The fourth-order valence-electron chi connectivity index (χ4n) is 2.20. The van der Waals surface area contributed by atoms with Crippen molar-refractivity contribution in [3.63, 3.8) is 0 Å². The van der Waals surface area contributed by atoms with Gasteiger partial charge in [-0.3, -0.25) is 10.2 Å². The third kappa shape index (κ3) is 6.34. The molecule has 0 fully saturated rings. The van der Waals surface area contributed by atoms with E-state index in [4.69, 9.17) is 4.74 Å². The maximum Gasteiger partial charge on any atom is 0.105 e. The summed E-state index contributed by atoms with van der Waals surface area (Å²) < 4.78 is 5.19. The van der Waals surface area contributed by atoms with Crippen LogP contribution in [0, 0.1) is 11.3 Å². The van der Waals surface area contributed by atoms with Gasteiger partial charge in [-0.2, -0.15) is 5.26 Å². The molecular weight excluding hydrogens is 226 g/mol. The maximum absolute atomic E-state index is 9.31. The zero-order valence-electron chi connectivity index (χ0n) is 12.8. The summed E-state index contributed by atoms with van der Waals surface area (Å²) in [6, 6.07) is 3.10. The van der Waals surface area contributed by atoms with Crippen LogP contribution in [0.3, 0.4) is 0 Å². The topological polar surface area (TPSA) is 48.3 Å². The Balaban J connectivity index is 4.37. The first kappa shape index (κ1) is 17.4. The van der Waals surface area contributed by atoms with E-state index >= 15 is 0 Å². The van der Waals surface area contributed by atoms with Crippen molar-refractivity contribution in [2.75, 3.05) is 26.8 Å². The number of nitrogens with zero attached hydrogens (tertiary/aromatic N) is 2. The third-order valence-corrected chi connectivity index (χ3v) is 3.19. The molecule has 0 heterocycles. The van der Waals surface area contributed by atoms with Gasteiger partial charge in [-0.05, 0) is 40.7 Å². The highest BCUT2D eigenvalue weighted by atomic mass is 16.5. The van der Waals surface area contributed by atoms with Gasteiger partial charge in [0.05, 0.1) is 12.7 Å². The first-order valence-electron chi connectivity index (χ1n) is 6.80. The maximum atomic E-state index is 9.31. The van der Waals surface area contributed by atoms with Gasteiger partial charge in [-0.25, -0.2) is 0 Å². The molecule has 0 rings (SSSR count). The van der Waals surface area contributed by atoms with Gasteiger partial charge in [0.1, 0.15) is 5.54 Å². The second-order valence-electron chi connectivity index (χ2n) is 5.43. The lowest BCUT2D eigenvalue weighted by molar-refractivity contribution is 0.0976. The molecule has 4 heteroatoms. The van der Waals surface area contributed by atoms with Crippen LogP contribution in [-0.4, -0.2) is 49.3 Å². The Morgan fingerprint density at radius 2 is 2.00 bits per heavy atom. The van der Waals surface area contributed by atoms with E-state index in [1.807, 2.05) is 6.92 Å². The van der Waals surface area contributed by atoms with Crippen molar-refractivity contribution in [2.24, 2.45) is 0 Å². The Kier molecular flexibility index (Phi) is 8.17. The van der Waals surface area contributed by atoms with Crippen molar-refractivity contribution in [1.29, 1.82) is 5.26 Å². The van der Waals surface area contributed by atoms with Gasteiger partial charge in [-0.15, -0.1) is 0 Å². The average Bonchev–Trinajstić information content (AvgIpc) is 2.29. The number of nitrogens with one attached hydrogen (secondary N) is 1. The molecule has 0 aliphatic carbocycles. The Morgan fingerprint density at radius 3 is 2.39 bits per heavy atom. The van der Waals surface area contributed by atoms with Crippen molar-refractivity contribution in [3.05, 3.63) is 0 Å². The summed E-state index contributed by atoms with van der Waals surface area (Å²) in [6.45, 7) is 13.0. The Bertz CT molecular complexity index is 262. The van der Waals surface area contributed by atoms with Gasteiger partial charge in [0.25, 0.3) is 0 Å². The molecule has 0 saturated carbocycles. The predicted molar refractivity (Wildman–Crippen MR) is 75.5 cm³/mol. The van der Waals surface area contributed by atoms with E-state index in [0.717, 1.165) is 26.1 Å². The van der Waals surface area contributed by atoms with Gasteiger partial charge < -0.3 is 4.74 Å². The molecule has 18 heavy (non-hydrogen) atoms. The van der Waals surface area contributed by atoms with Crippen LogP contribution in [0.1, 0.15) is 41.0 Å². The summed E-state index contributed by atoms with van der Waals surface area (Å²) in [6.07, 6.45) is 0.823. The summed E-state index contributed by atoms with van der Waals surface area (Å²) in [5.74, 6) is 0. The highest BCUT2D eigenvalue weighted by molar-refractivity contribution is 5.04. The van der Waals surface area contributed by atoms with Crippen molar-refractivity contribution >= 4 is 0 Å². The molecule has 2 atom stereocenters. The number of ether oxygens (including phenoxy) is 1. The minimum Gasteiger partial charge on any atom is -0.383 e. The average molecular weight is 255 g/mol. The van der Waals surface area contributed by atoms with E-state index in [2.05, 4.69) is 44.0 Å². The normalized spacial score (nSPS) is 16.6. The molecule has 106 valence electrons. The SMILES string of the molecule is CCN(CCC(C)(C#N)NC(C)C)C(C)COC. The van der Waals surface area contributed by atoms with Crippen LogP contribution in [-0.2, 0) is 4.74 Å². The summed E-state index contributed by atoms with van der Waals surface area (Å²) >= 11 is 0. The van der Waals surface area contributed by atoms with Gasteiger partial charge >= 0.3 is 0 Å². The second-order valence-corrected chi connectivity index (χ2v) is 5.43. The van der Waals surface area contributed by atoms with Gasteiger partial charge in [0.2, 0.25) is 0 Å². The number of hydrogen-bond acceptors (Lipinski definition) is 4. The molecule has 1 N–H and O–H groups in total. The fourth-order valence-corrected chi connectivity index (χ4v) is 2.20. The number of nitriles is 1. The van der Waals surface area contributed by atoms with Crippen molar-refractivity contribution in [2.45, 2.75) is 58.7 Å². The van der Waals surface area contributed by atoms with Crippen LogP contribution in [0.2, 0.25) is 0 Å². The molecule has 0 aromatic rings. The van der Waals surface area contributed by atoms with E-state index in [9.17, 15) is 5.26 Å². The molecular formula is C14H29N3O. The summed E-state index contributed by atoms with van der Waals surface area (Å²) in [5.41, 5.74) is -0.450. The fraction of sp³-hybridized carbons (Fsp3) is 0.929. The van der Waals surface area contributed by atoms with Crippen LogP contribution in [0.15, 0.2) is 0 Å². The Morgan fingerprint density at radius 1 is 1.39 bits per heavy atom. The lowest BCUT2D eigenvalue weighted by Crippen LogP contribution is -2.48. The summed E-state index contributed by atoms with van der Waals surface area (Å²) in [7, 11) is 1.73. The van der Waals surface area contributed by atoms with Crippen LogP contribution in [0.4, 0.5) is 0 Å². The number of rotatable bonds is 9. The standard InChI is InChI=1S/C14H29N3O/c1-7-17(13(4)10-18-6)9-8-14(5,11-15)16-12(2)3/h12-13,16H,7-10H2,1-6H3. The largest absolute Gasteiger partial charge is 0.383 e. The van der Waals surface area contributed by atoms with Gasteiger partial charge in [0, 0.05) is 25.7 Å². The Labute approximate surface area is 112 Å². The minimum absolute atomic E-state index is 0.320. The Hall–Kier alpha value is -0.630. The summed E-state index contributed by atoms with van der Waals surface area (Å²) in [4.78, 5) is 2.35. The summed E-state index contributed by atoms with van der Waals surface area (Å²) in [5, 5.41) is 12.6. The van der Waals surface area contributed by atoms with Crippen LogP contribution < -0.4 is 5.32 Å². The van der Waals surface area contributed by atoms with Crippen LogP contribution in [0.5, 0.6) is 0 Å². The minimum atomic E-state index is -0.450. The smallest absolute Gasteiger partial charge is 0.105 e. The van der Waals surface area contributed by atoms with Gasteiger partial charge in [-0.1, -0.05) is 6.92 Å². The molecule has 0 saturated heterocycles. The molecule has 0 radical (unpaired) electrons. The molecule has 0 amide bonds. The molecule has 0 aromatic heterocycles. The second kappa shape index (κ2) is 8.47. The first-order valence-corrected chi connectivity index (χ1v) is 6.80. The van der Waals surface area contributed by atoms with Crippen LogP contribution >= 0.6 is 0 Å². The van der Waals surface area contributed by atoms with E-state index in [1.165, 1.54) is 0 Å². The molecule has 0 bridgehead atoms. The molecule has 0 aliphatic heterocycles. The number of hydrogen-bond donors (Lipinski definition) is 1. The lowest BCUT2D eigenvalue weighted by Gasteiger charge is -2.32. The lowest BCUT2D eigenvalue weighted by atomic mass is 9.98. The number of likely N-dealkylation sites (N-methyl/N-ethyl adjacent to an activating group) is 1. The molecule has 0 spiro atoms. The van der Waals surface area contributed by atoms with E-state index in [0.29, 0.717) is 12.1 Å². The monoisotopic (exact) mass is 255 g/mol. The zero-order chi connectivity index (χ0) is 14.2. The van der Waals surface area contributed by atoms with E-state index in [1.54, 1.807) is 7.11 Å². The first-order chi connectivity index (χ1) is 8.38.